The number of hydrogen-bond donors (Lipinski definition) is 0. The summed E-state index contributed by atoms with van der Waals surface area (Å²) in [5.74, 6) is 32.9. The van der Waals surface area contributed by atoms with Gasteiger partial charge in [-0.2, -0.15) is 0 Å². The van der Waals surface area contributed by atoms with Crippen LogP contribution in [0.5, 0.6) is 0 Å². The molecule has 25 aliphatic rings. The van der Waals surface area contributed by atoms with Gasteiger partial charge in [0.05, 0.1) is 0 Å². The van der Waals surface area contributed by atoms with Crippen molar-refractivity contribution in [1.29, 1.82) is 0 Å². The molecule has 0 heteroatoms. The van der Waals surface area contributed by atoms with Gasteiger partial charge in [-0.1, -0.05) is 199 Å². The van der Waals surface area contributed by atoms with E-state index in [-0.39, 0.29) is 0 Å². The van der Waals surface area contributed by atoms with Crippen LogP contribution in [0.25, 0.3) is 0 Å². The van der Waals surface area contributed by atoms with Gasteiger partial charge in [0.15, 0.2) is 0 Å². The lowest BCUT2D eigenvalue weighted by Gasteiger charge is -3.03. The molecule has 0 N–H and O–H groups in total. The van der Waals surface area contributed by atoms with Gasteiger partial charge in [0.1, 0.15) is 0 Å². The Morgan fingerprint density at radius 1 is 0.189 bits per heavy atom. The topological polar surface area (TPSA) is 0 Å². The Bertz CT molecular complexity index is 1570. The Balaban J connectivity index is 0.0000000744. The van der Waals surface area contributed by atoms with E-state index in [9.17, 15) is 0 Å². The van der Waals surface area contributed by atoms with E-state index in [1.165, 1.54) is 315 Å². The van der Waals surface area contributed by atoms with Crippen LogP contribution in [0, 0.1) is 159 Å². The van der Waals surface area contributed by atoms with Gasteiger partial charge in [0.2, 0.25) is 0 Å². The molecule has 0 nitrogen and oxygen atoms in total. The number of fused-ring (bicyclic) bond motifs is 3. The lowest BCUT2D eigenvalue weighted by molar-refractivity contribution is -0.565. The van der Waals surface area contributed by atoms with Gasteiger partial charge < -0.3 is 0 Å². The standard InChI is InChI=1S/C11H14.2C11H18.C8H8.C8H16.C7H10.C7H14.C6H12.C5H10/c1-4-5-2-9-8(1)10-6(4)3-7(5)11(9)10;1-2-10-4-3-9-5-7-11(10,6-1)8-9;1-2-4-10-9-5-6-11(10)8(3-1)7-9;1-2-5-3(1)7-4(1)6(2)8(5)7;1-2-4-6-8-7-5-3-1;1-4-2-6-5(1)7(6)3-4;1-2-4-6-7-5-3-1;1-2-4-6-5-3-1;1-2-4-5-3-1/h4-11H,1-3H2;9-10H,1-8H2;8-11H,1-7H2;1-8H;1-8H2;4-7H,1-3H2;1-7H2;1-6H2;1-5H2. The molecular formula is C74H120. The Kier molecular flexibility index (Phi) is 15.2. The minimum absolute atomic E-state index is 0.906. The van der Waals surface area contributed by atoms with Crippen LogP contribution in [-0.2, 0) is 0 Å². The monoisotopic (exact) mass is 1010 g/mol. The summed E-state index contributed by atoms with van der Waals surface area (Å²) in [5, 5.41) is 0. The van der Waals surface area contributed by atoms with Gasteiger partial charge in [-0.05, 0) is 262 Å². The summed E-state index contributed by atoms with van der Waals surface area (Å²) in [5.41, 5.74) is 0.906. The highest BCUT2D eigenvalue weighted by Gasteiger charge is 2.97. The normalized spacial score (nSPS) is 55.8. The van der Waals surface area contributed by atoms with E-state index in [0.29, 0.717) is 0 Å². The van der Waals surface area contributed by atoms with E-state index in [1.54, 1.807) is 135 Å². The van der Waals surface area contributed by atoms with Gasteiger partial charge in [-0.25, -0.2) is 0 Å². The van der Waals surface area contributed by atoms with Crippen molar-refractivity contribution in [3.05, 3.63) is 0 Å². The third-order valence-electron chi connectivity index (χ3n) is 30.8. The fourth-order valence-corrected chi connectivity index (χ4v) is 27.7. The smallest absolute Gasteiger partial charge is 0.0266 e. The van der Waals surface area contributed by atoms with Gasteiger partial charge >= 0.3 is 0 Å². The summed E-state index contributed by atoms with van der Waals surface area (Å²) in [6.07, 6.45) is 72.7. The summed E-state index contributed by atoms with van der Waals surface area (Å²) in [4.78, 5) is 0. The second-order valence-corrected chi connectivity index (χ2v) is 33.3. The Hall–Kier alpha value is 0. The van der Waals surface area contributed by atoms with Crippen LogP contribution < -0.4 is 0 Å². The molecule has 1 spiro atoms. The molecule has 0 aromatic heterocycles. The van der Waals surface area contributed by atoms with Crippen molar-refractivity contribution in [3.8, 4) is 0 Å². The van der Waals surface area contributed by atoms with Crippen LogP contribution >= 0.6 is 0 Å². The minimum atomic E-state index is 0.906. The molecule has 12 bridgehead atoms. The van der Waals surface area contributed by atoms with E-state index in [2.05, 4.69) is 0 Å². The lowest BCUT2D eigenvalue weighted by Crippen LogP contribution is -3.00. The molecule has 0 aromatic rings. The minimum Gasteiger partial charge on any atom is -0.0533 e. The predicted octanol–water partition coefficient (Wildman–Crippen LogP) is 21.5. The van der Waals surface area contributed by atoms with Gasteiger partial charge in [-0.3, -0.25) is 0 Å². The maximum atomic E-state index is 1.68. The molecule has 416 valence electrons. The zero-order valence-electron chi connectivity index (χ0n) is 48.7. The van der Waals surface area contributed by atoms with E-state index in [1.807, 2.05) is 0 Å². The molecule has 25 aliphatic carbocycles. The SMILES string of the molecule is C12C3C4C1C1C2C3C41.C1C2C3CC4C5CC3C1C5C24.C1C2CC3C1C3C2.C1CC2CCC3CCC2(C1)C3.C1CCC2C3CCC2C(C1)C3.C1CCCC1.C1CCCCC1.C1CCCCCC1.C1CCCCCCC1. The zero-order chi connectivity index (χ0) is 48.7. The van der Waals surface area contributed by atoms with Crippen LogP contribution in [0.4, 0.5) is 0 Å². The fourth-order valence-electron chi connectivity index (χ4n) is 27.7. The molecule has 25 fully saturated rings. The third kappa shape index (κ3) is 8.98. The number of rotatable bonds is 0. The van der Waals surface area contributed by atoms with Gasteiger partial charge in [0.25, 0.3) is 0 Å². The van der Waals surface area contributed by atoms with Gasteiger partial charge in [0, 0.05) is 0 Å². The summed E-state index contributed by atoms with van der Waals surface area (Å²) < 4.78 is 0. The number of hydrogen-bond acceptors (Lipinski definition) is 0. The van der Waals surface area contributed by atoms with E-state index in [4.69, 9.17) is 0 Å². The zero-order valence-corrected chi connectivity index (χ0v) is 48.7. The van der Waals surface area contributed by atoms with E-state index in [0.717, 1.165) is 11.3 Å². The highest BCUT2D eigenvalue weighted by Crippen LogP contribution is 3.01. The molecule has 15 unspecified atom stereocenters. The van der Waals surface area contributed by atoms with E-state index >= 15 is 0 Å². The first-order valence-corrected chi connectivity index (χ1v) is 36.7. The van der Waals surface area contributed by atoms with Crippen molar-refractivity contribution in [1.82, 2.24) is 0 Å². The molecule has 0 heterocycles. The second kappa shape index (κ2) is 22.1. The molecule has 0 amide bonds. The van der Waals surface area contributed by atoms with Crippen LogP contribution in [0.15, 0.2) is 0 Å². The first-order chi connectivity index (χ1) is 36.7. The maximum absolute atomic E-state index is 1.68. The van der Waals surface area contributed by atoms with Crippen molar-refractivity contribution < 1.29 is 0 Å². The molecule has 0 aliphatic heterocycles. The molecular weight excluding hydrogens is 889 g/mol. The second-order valence-electron chi connectivity index (χ2n) is 33.3. The summed E-state index contributed by atoms with van der Waals surface area (Å²) in [6, 6.07) is 0. The molecule has 0 aromatic carbocycles. The fraction of sp³-hybridized carbons (Fsp3) is 1.00. The van der Waals surface area contributed by atoms with Crippen LogP contribution in [0.1, 0.15) is 302 Å². The van der Waals surface area contributed by atoms with Gasteiger partial charge in [-0.15, -0.1) is 0 Å². The van der Waals surface area contributed by atoms with Crippen LogP contribution in [0.2, 0.25) is 0 Å². The summed E-state index contributed by atoms with van der Waals surface area (Å²) in [6.45, 7) is 0. The summed E-state index contributed by atoms with van der Waals surface area (Å²) >= 11 is 0. The van der Waals surface area contributed by atoms with Crippen LogP contribution in [-0.4, -0.2) is 0 Å². The molecule has 25 saturated carbocycles. The molecule has 15 atom stereocenters. The third-order valence-corrected chi connectivity index (χ3v) is 30.8. The molecule has 25 rings (SSSR count). The Morgan fingerprint density at radius 3 is 0.973 bits per heavy atom. The van der Waals surface area contributed by atoms with E-state index < -0.39 is 0 Å². The Morgan fingerprint density at radius 2 is 0.554 bits per heavy atom. The molecule has 0 radical (unpaired) electrons. The predicted molar refractivity (Wildman–Crippen MR) is 310 cm³/mol. The highest BCUT2D eigenvalue weighted by molar-refractivity contribution is 5.44. The van der Waals surface area contributed by atoms with Crippen molar-refractivity contribution >= 4 is 0 Å². The average Bonchev–Trinajstić information content (AvgIpc) is 4.43. The van der Waals surface area contributed by atoms with Crippen molar-refractivity contribution in [2.45, 2.75) is 302 Å². The van der Waals surface area contributed by atoms with Crippen molar-refractivity contribution in [2.75, 3.05) is 0 Å². The molecule has 74 heavy (non-hydrogen) atoms. The van der Waals surface area contributed by atoms with Crippen molar-refractivity contribution in [2.24, 2.45) is 159 Å². The van der Waals surface area contributed by atoms with Crippen LogP contribution in [0.3, 0.4) is 0 Å². The van der Waals surface area contributed by atoms with Crippen molar-refractivity contribution in [3.63, 3.8) is 0 Å². The maximum Gasteiger partial charge on any atom is -0.0266 e. The highest BCUT2D eigenvalue weighted by atomic mass is 15.0. The first kappa shape index (κ1) is 50.9. The largest absolute Gasteiger partial charge is 0.0533 e. The summed E-state index contributed by atoms with van der Waals surface area (Å²) in [7, 11) is 0. The first-order valence-electron chi connectivity index (χ1n) is 36.7. The lowest BCUT2D eigenvalue weighted by atomic mass is 9.01. The quantitative estimate of drug-likeness (QED) is 0.212. The Labute approximate surface area is 458 Å². The average molecular weight is 1010 g/mol. The molecule has 0 saturated heterocycles.